The predicted octanol–water partition coefficient (Wildman–Crippen LogP) is 3.16. The molecule has 3 rings (SSSR count). The van der Waals surface area contributed by atoms with Crippen LogP contribution in [0.3, 0.4) is 0 Å². The van der Waals surface area contributed by atoms with Gasteiger partial charge >= 0.3 is 0 Å². The first-order chi connectivity index (χ1) is 18.4. The van der Waals surface area contributed by atoms with Gasteiger partial charge in [0.05, 0.1) is 23.6 Å². The fraction of sp³-hybridized carbons (Fsp3) is 0.533. The second-order valence-electron chi connectivity index (χ2n) is 11.4. The predicted molar refractivity (Wildman–Crippen MR) is 155 cm³/mol. The van der Waals surface area contributed by atoms with Gasteiger partial charge in [0.2, 0.25) is 17.7 Å². The van der Waals surface area contributed by atoms with Crippen molar-refractivity contribution < 1.29 is 14.4 Å². The minimum atomic E-state index is -0.766. The highest BCUT2D eigenvalue weighted by Crippen LogP contribution is 2.38. The van der Waals surface area contributed by atoms with Crippen LogP contribution in [0.4, 0.5) is 11.4 Å². The van der Waals surface area contributed by atoms with E-state index in [1.807, 2.05) is 50.2 Å². The van der Waals surface area contributed by atoms with Crippen molar-refractivity contribution in [1.82, 2.24) is 15.6 Å². The van der Waals surface area contributed by atoms with E-state index in [2.05, 4.69) is 34.4 Å². The summed E-state index contributed by atoms with van der Waals surface area (Å²) in [5.41, 5.74) is 8.91. The molecule has 0 spiro atoms. The first kappa shape index (κ1) is 30.1. The van der Waals surface area contributed by atoms with Gasteiger partial charge in [0, 0.05) is 37.7 Å². The van der Waals surface area contributed by atoms with E-state index in [1.165, 1.54) is 0 Å². The van der Waals surface area contributed by atoms with Gasteiger partial charge in [0.25, 0.3) is 0 Å². The molecule has 1 aliphatic rings. The molecule has 1 aliphatic heterocycles. The van der Waals surface area contributed by atoms with Gasteiger partial charge in [-0.25, -0.2) is 0 Å². The number of rotatable bonds is 12. The van der Waals surface area contributed by atoms with Gasteiger partial charge in [-0.1, -0.05) is 32.0 Å². The van der Waals surface area contributed by atoms with Crippen LogP contribution in [0.25, 0.3) is 0 Å². The van der Waals surface area contributed by atoms with Gasteiger partial charge in [0.1, 0.15) is 12.1 Å². The highest BCUT2D eigenvalue weighted by atomic mass is 16.2. The van der Waals surface area contributed by atoms with Crippen molar-refractivity contribution >= 4 is 29.1 Å². The highest BCUT2D eigenvalue weighted by Gasteiger charge is 2.37. The third kappa shape index (κ3) is 8.02. The number of amides is 3. The zero-order chi connectivity index (χ0) is 28.7. The lowest BCUT2D eigenvalue weighted by molar-refractivity contribution is -0.132. The van der Waals surface area contributed by atoms with Gasteiger partial charge in [0.15, 0.2) is 0 Å². The van der Waals surface area contributed by atoms with E-state index in [0.717, 1.165) is 35.7 Å². The molecular weight excluding hydrogens is 492 g/mol. The lowest BCUT2D eigenvalue weighted by atomic mass is 9.94. The number of anilines is 2. The lowest BCUT2D eigenvalue weighted by Gasteiger charge is -2.38. The summed E-state index contributed by atoms with van der Waals surface area (Å²) in [4.78, 5) is 48.5. The third-order valence-corrected chi connectivity index (χ3v) is 6.80. The average molecular weight is 537 g/mol. The molecule has 0 bridgehead atoms. The van der Waals surface area contributed by atoms with Crippen LogP contribution in [0, 0.1) is 5.92 Å². The molecule has 0 saturated heterocycles. The Bertz CT molecular complexity index is 1140. The van der Waals surface area contributed by atoms with Gasteiger partial charge < -0.3 is 26.2 Å². The van der Waals surface area contributed by atoms with Crippen LogP contribution in [0.15, 0.2) is 42.6 Å². The SMILES string of the molecule is CCN(CC)c1cccc2c1N(Cc1ccccn1)C(=O)C(NC(=O)[C@@H](CC(C)C)NC(=O)CC(C)(C)N)C2. The van der Waals surface area contributed by atoms with Crippen molar-refractivity contribution in [2.45, 2.75) is 85.0 Å². The first-order valence-electron chi connectivity index (χ1n) is 13.9. The number of aromatic nitrogens is 1. The van der Waals surface area contributed by atoms with Crippen LogP contribution in [-0.2, 0) is 27.3 Å². The molecule has 39 heavy (non-hydrogen) atoms. The molecule has 0 aliphatic carbocycles. The summed E-state index contributed by atoms with van der Waals surface area (Å²) in [5, 5.41) is 5.81. The molecule has 1 aromatic heterocycles. The average Bonchev–Trinajstić information content (AvgIpc) is 2.86. The molecule has 1 aromatic carbocycles. The van der Waals surface area contributed by atoms with E-state index >= 15 is 0 Å². The molecule has 0 fully saturated rings. The fourth-order valence-corrected chi connectivity index (χ4v) is 5.04. The Morgan fingerprint density at radius 2 is 1.87 bits per heavy atom. The Morgan fingerprint density at radius 1 is 1.15 bits per heavy atom. The number of hydrogen-bond acceptors (Lipinski definition) is 6. The summed E-state index contributed by atoms with van der Waals surface area (Å²) < 4.78 is 0. The smallest absolute Gasteiger partial charge is 0.250 e. The number of carbonyl (C=O) groups excluding carboxylic acids is 3. The largest absolute Gasteiger partial charge is 0.370 e. The molecule has 3 amide bonds. The van der Waals surface area contributed by atoms with Crippen LogP contribution < -0.4 is 26.2 Å². The Morgan fingerprint density at radius 3 is 2.46 bits per heavy atom. The topological polar surface area (TPSA) is 121 Å². The van der Waals surface area contributed by atoms with Crippen LogP contribution >= 0.6 is 0 Å². The maximum Gasteiger partial charge on any atom is 0.250 e. The summed E-state index contributed by atoms with van der Waals surface area (Å²) in [6, 6.07) is 10.1. The van der Waals surface area contributed by atoms with Gasteiger partial charge in [-0.05, 0) is 63.8 Å². The molecule has 2 aromatic rings. The van der Waals surface area contributed by atoms with E-state index < -0.39 is 17.6 Å². The Hall–Kier alpha value is -3.46. The number of carbonyl (C=O) groups is 3. The number of hydrogen-bond donors (Lipinski definition) is 3. The Kier molecular flexibility index (Phi) is 10.1. The number of pyridine rings is 1. The zero-order valence-corrected chi connectivity index (χ0v) is 24.2. The molecule has 212 valence electrons. The zero-order valence-electron chi connectivity index (χ0n) is 24.2. The van der Waals surface area contributed by atoms with E-state index in [0.29, 0.717) is 12.8 Å². The highest BCUT2D eigenvalue weighted by molar-refractivity contribution is 6.05. The molecule has 9 nitrogen and oxygen atoms in total. The van der Waals surface area contributed by atoms with Crippen LogP contribution in [-0.4, -0.2) is 53.4 Å². The number of fused-ring (bicyclic) bond motifs is 1. The number of nitrogens with two attached hydrogens (primary N) is 1. The summed E-state index contributed by atoms with van der Waals surface area (Å²) in [6.45, 7) is 13.6. The molecule has 0 saturated carbocycles. The molecule has 2 atom stereocenters. The van der Waals surface area contributed by atoms with Crippen molar-refractivity contribution in [2.75, 3.05) is 22.9 Å². The first-order valence-corrected chi connectivity index (χ1v) is 13.9. The quantitative estimate of drug-likeness (QED) is 0.383. The van der Waals surface area contributed by atoms with Crippen molar-refractivity contribution in [3.8, 4) is 0 Å². The molecule has 2 heterocycles. The molecule has 4 N–H and O–H groups in total. The second kappa shape index (κ2) is 13.1. The van der Waals surface area contributed by atoms with Crippen molar-refractivity contribution in [2.24, 2.45) is 11.7 Å². The van der Waals surface area contributed by atoms with E-state index in [4.69, 9.17) is 5.73 Å². The maximum atomic E-state index is 14.0. The van der Waals surface area contributed by atoms with E-state index in [9.17, 15) is 14.4 Å². The van der Waals surface area contributed by atoms with Crippen LogP contribution in [0.2, 0.25) is 0 Å². The fourth-order valence-electron chi connectivity index (χ4n) is 5.04. The second-order valence-corrected chi connectivity index (χ2v) is 11.4. The molecule has 1 unspecified atom stereocenters. The Labute approximate surface area is 232 Å². The monoisotopic (exact) mass is 536 g/mol. The summed E-state index contributed by atoms with van der Waals surface area (Å²) >= 11 is 0. The van der Waals surface area contributed by atoms with Gasteiger partial charge in [-0.3, -0.25) is 19.4 Å². The Balaban J connectivity index is 1.92. The summed E-state index contributed by atoms with van der Waals surface area (Å²) in [7, 11) is 0. The minimum absolute atomic E-state index is 0.0938. The van der Waals surface area contributed by atoms with E-state index in [1.54, 1.807) is 24.9 Å². The lowest BCUT2D eigenvalue weighted by Crippen LogP contribution is -2.57. The number of nitrogens with one attached hydrogen (secondary N) is 2. The molecular formula is C30H44N6O3. The standard InChI is InChI=1S/C30H44N6O3/c1-7-35(8-2)25-14-11-12-21-17-24(29(39)36(27(21)25)19-22-13-9-10-15-32-22)34-28(38)23(16-20(3)4)33-26(37)18-30(5,6)31/h9-15,20,23-24H,7-8,16-19,31H2,1-6H3,(H,33,37)(H,34,38)/t23-,24?/m1/s1. The third-order valence-electron chi connectivity index (χ3n) is 6.80. The van der Waals surface area contributed by atoms with Crippen molar-refractivity contribution in [3.63, 3.8) is 0 Å². The summed E-state index contributed by atoms with van der Waals surface area (Å²) in [6.07, 6.45) is 2.62. The number of para-hydroxylation sites is 1. The van der Waals surface area contributed by atoms with E-state index in [-0.39, 0.29) is 36.6 Å². The molecule has 0 radical (unpaired) electrons. The summed E-state index contributed by atoms with van der Waals surface area (Å²) in [5.74, 6) is -0.693. The minimum Gasteiger partial charge on any atom is -0.370 e. The van der Waals surface area contributed by atoms with Gasteiger partial charge in [-0.2, -0.15) is 0 Å². The van der Waals surface area contributed by atoms with Crippen molar-refractivity contribution in [3.05, 3.63) is 53.9 Å². The molecule has 9 heteroatoms. The maximum absolute atomic E-state index is 14.0. The number of benzene rings is 1. The normalized spacial score (nSPS) is 16.1. The van der Waals surface area contributed by atoms with Crippen LogP contribution in [0.5, 0.6) is 0 Å². The van der Waals surface area contributed by atoms with Crippen LogP contribution in [0.1, 0.15) is 65.6 Å². The van der Waals surface area contributed by atoms with Gasteiger partial charge in [-0.15, -0.1) is 0 Å². The number of nitrogens with zero attached hydrogens (tertiary/aromatic N) is 3. The van der Waals surface area contributed by atoms with Crippen molar-refractivity contribution in [1.29, 1.82) is 0 Å².